The van der Waals surface area contributed by atoms with E-state index in [0.717, 1.165) is 10.4 Å². The van der Waals surface area contributed by atoms with E-state index in [0.29, 0.717) is 12.0 Å². The van der Waals surface area contributed by atoms with Crippen molar-refractivity contribution in [2.45, 2.75) is 19.3 Å². The highest BCUT2D eigenvalue weighted by Crippen LogP contribution is 2.27. The molecule has 1 atom stereocenters. The lowest BCUT2D eigenvalue weighted by Gasteiger charge is -2.12. The predicted molar refractivity (Wildman–Crippen MR) is 71.2 cm³/mol. The lowest BCUT2D eigenvalue weighted by molar-refractivity contribution is -0.138. The summed E-state index contributed by atoms with van der Waals surface area (Å²) < 4.78 is 0. The number of carbonyl (C=O) groups is 1. The second-order valence-electron chi connectivity index (χ2n) is 4.22. The molecule has 4 heteroatoms. The number of phenols is 1. The van der Waals surface area contributed by atoms with Gasteiger partial charge in [0.05, 0.1) is 5.92 Å². The standard InChI is InChI=1S/C14H14O3S/c1-9-5-6-18-13(9)8-12(14(16)17)10-3-2-4-11(15)7-10/h2-7,12,15H,8H2,1H3,(H,16,17). The number of aromatic hydroxyl groups is 1. The third kappa shape index (κ3) is 2.71. The van der Waals surface area contributed by atoms with Crippen LogP contribution in [0.25, 0.3) is 0 Å². The summed E-state index contributed by atoms with van der Waals surface area (Å²) in [6.45, 7) is 1.98. The van der Waals surface area contributed by atoms with Crippen LogP contribution in [0.2, 0.25) is 0 Å². The summed E-state index contributed by atoms with van der Waals surface area (Å²) in [6.07, 6.45) is 0.461. The van der Waals surface area contributed by atoms with Gasteiger partial charge in [-0.15, -0.1) is 11.3 Å². The number of thiophene rings is 1. The summed E-state index contributed by atoms with van der Waals surface area (Å²) >= 11 is 1.57. The normalized spacial score (nSPS) is 12.3. The zero-order valence-electron chi connectivity index (χ0n) is 9.96. The van der Waals surface area contributed by atoms with Gasteiger partial charge in [-0.1, -0.05) is 12.1 Å². The number of rotatable bonds is 4. The van der Waals surface area contributed by atoms with Crippen molar-refractivity contribution in [1.82, 2.24) is 0 Å². The largest absolute Gasteiger partial charge is 0.508 e. The van der Waals surface area contributed by atoms with Crippen LogP contribution < -0.4 is 0 Å². The number of phenolic OH excluding ortho intramolecular Hbond substituents is 1. The molecule has 2 rings (SSSR count). The highest BCUT2D eigenvalue weighted by atomic mass is 32.1. The van der Waals surface area contributed by atoms with Gasteiger partial charge in [-0.05, 0) is 48.1 Å². The zero-order valence-corrected chi connectivity index (χ0v) is 10.8. The van der Waals surface area contributed by atoms with Crippen LogP contribution in [0.4, 0.5) is 0 Å². The molecule has 0 aliphatic rings. The summed E-state index contributed by atoms with van der Waals surface area (Å²) in [5, 5.41) is 20.7. The third-order valence-corrected chi connectivity index (χ3v) is 3.97. The Kier molecular flexibility index (Phi) is 3.67. The van der Waals surface area contributed by atoms with Crippen LogP contribution in [0.3, 0.4) is 0 Å². The fourth-order valence-corrected chi connectivity index (χ4v) is 2.84. The fraction of sp³-hybridized carbons (Fsp3) is 0.214. The Morgan fingerprint density at radius 3 is 2.72 bits per heavy atom. The third-order valence-electron chi connectivity index (χ3n) is 2.93. The number of benzene rings is 1. The highest BCUT2D eigenvalue weighted by Gasteiger charge is 2.21. The molecule has 0 radical (unpaired) electrons. The second-order valence-corrected chi connectivity index (χ2v) is 5.22. The van der Waals surface area contributed by atoms with Crippen molar-refractivity contribution in [2.24, 2.45) is 0 Å². The molecule has 0 aliphatic heterocycles. The summed E-state index contributed by atoms with van der Waals surface area (Å²) in [5.41, 5.74) is 1.75. The van der Waals surface area contributed by atoms with Gasteiger partial charge in [0, 0.05) is 4.88 Å². The van der Waals surface area contributed by atoms with Gasteiger partial charge in [0.25, 0.3) is 0 Å². The minimum absolute atomic E-state index is 0.0988. The van der Waals surface area contributed by atoms with E-state index < -0.39 is 11.9 Å². The lowest BCUT2D eigenvalue weighted by Crippen LogP contribution is -2.14. The van der Waals surface area contributed by atoms with Crippen molar-refractivity contribution in [3.05, 3.63) is 51.7 Å². The molecule has 1 aromatic heterocycles. The smallest absolute Gasteiger partial charge is 0.311 e. The molecule has 0 spiro atoms. The molecule has 3 nitrogen and oxygen atoms in total. The van der Waals surface area contributed by atoms with E-state index in [-0.39, 0.29) is 5.75 Å². The summed E-state index contributed by atoms with van der Waals surface area (Å²) in [7, 11) is 0. The van der Waals surface area contributed by atoms with Gasteiger partial charge in [0.2, 0.25) is 0 Å². The van der Waals surface area contributed by atoms with Gasteiger partial charge < -0.3 is 10.2 Å². The van der Waals surface area contributed by atoms with Crippen molar-refractivity contribution in [3.8, 4) is 5.75 Å². The molecule has 94 valence electrons. The maximum Gasteiger partial charge on any atom is 0.311 e. The number of hydrogen-bond acceptors (Lipinski definition) is 3. The Morgan fingerprint density at radius 2 is 2.17 bits per heavy atom. The van der Waals surface area contributed by atoms with Crippen molar-refractivity contribution >= 4 is 17.3 Å². The van der Waals surface area contributed by atoms with Crippen LogP contribution in [0.1, 0.15) is 21.9 Å². The quantitative estimate of drug-likeness (QED) is 0.889. The van der Waals surface area contributed by atoms with Gasteiger partial charge >= 0.3 is 5.97 Å². The van der Waals surface area contributed by atoms with Crippen molar-refractivity contribution in [1.29, 1.82) is 0 Å². The van der Waals surface area contributed by atoms with Crippen LogP contribution in [0.15, 0.2) is 35.7 Å². The molecule has 2 aromatic rings. The molecule has 2 N–H and O–H groups in total. The van der Waals surface area contributed by atoms with Crippen molar-refractivity contribution in [3.63, 3.8) is 0 Å². The summed E-state index contributed by atoms with van der Waals surface area (Å²) in [5.74, 6) is -1.38. The molecule has 18 heavy (non-hydrogen) atoms. The number of hydrogen-bond donors (Lipinski definition) is 2. The molecular formula is C14H14O3S. The van der Waals surface area contributed by atoms with E-state index in [1.54, 1.807) is 29.5 Å². The van der Waals surface area contributed by atoms with Gasteiger partial charge in [0.15, 0.2) is 0 Å². The Hall–Kier alpha value is -1.81. The van der Waals surface area contributed by atoms with Crippen molar-refractivity contribution < 1.29 is 15.0 Å². The van der Waals surface area contributed by atoms with Gasteiger partial charge in [-0.25, -0.2) is 0 Å². The average molecular weight is 262 g/mol. The SMILES string of the molecule is Cc1ccsc1CC(C(=O)O)c1cccc(O)c1. The minimum atomic E-state index is -0.867. The summed E-state index contributed by atoms with van der Waals surface area (Å²) in [6, 6.07) is 8.45. The van der Waals surface area contributed by atoms with Crippen LogP contribution in [0.5, 0.6) is 5.75 Å². The number of aryl methyl sites for hydroxylation is 1. The average Bonchev–Trinajstić information content (AvgIpc) is 2.71. The maximum atomic E-state index is 11.4. The van der Waals surface area contributed by atoms with Gasteiger partial charge in [-0.2, -0.15) is 0 Å². The van der Waals surface area contributed by atoms with E-state index in [9.17, 15) is 15.0 Å². The molecule has 0 amide bonds. The number of aliphatic carboxylic acids is 1. The predicted octanol–water partition coefficient (Wildman–Crippen LogP) is 3.17. The van der Waals surface area contributed by atoms with E-state index in [1.165, 1.54) is 6.07 Å². The van der Waals surface area contributed by atoms with E-state index >= 15 is 0 Å². The Bertz CT molecular complexity index is 560. The molecule has 0 saturated heterocycles. The Balaban J connectivity index is 2.30. The van der Waals surface area contributed by atoms with Crippen molar-refractivity contribution in [2.75, 3.05) is 0 Å². The zero-order chi connectivity index (χ0) is 13.1. The first-order valence-electron chi connectivity index (χ1n) is 5.62. The minimum Gasteiger partial charge on any atom is -0.508 e. The monoisotopic (exact) mass is 262 g/mol. The maximum absolute atomic E-state index is 11.4. The van der Waals surface area contributed by atoms with Crippen LogP contribution in [-0.4, -0.2) is 16.2 Å². The van der Waals surface area contributed by atoms with Crippen LogP contribution in [0, 0.1) is 6.92 Å². The molecule has 1 unspecified atom stereocenters. The fourth-order valence-electron chi connectivity index (χ4n) is 1.89. The molecule has 1 heterocycles. The van der Waals surface area contributed by atoms with Gasteiger partial charge in [-0.3, -0.25) is 4.79 Å². The second kappa shape index (κ2) is 5.23. The molecule has 1 aromatic carbocycles. The number of carboxylic acid groups (broad SMARTS) is 1. The molecule has 0 aliphatic carbocycles. The first kappa shape index (κ1) is 12.6. The first-order chi connectivity index (χ1) is 8.58. The Labute approximate surface area is 109 Å². The van der Waals surface area contributed by atoms with E-state index in [1.807, 2.05) is 18.4 Å². The van der Waals surface area contributed by atoms with E-state index in [2.05, 4.69) is 0 Å². The molecular weight excluding hydrogens is 248 g/mol. The first-order valence-corrected chi connectivity index (χ1v) is 6.50. The lowest BCUT2D eigenvalue weighted by atomic mass is 9.94. The van der Waals surface area contributed by atoms with Gasteiger partial charge in [0.1, 0.15) is 5.75 Å². The molecule has 0 bridgehead atoms. The highest BCUT2D eigenvalue weighted by molar-refractivity contribution is 7.10. The Morgan fingerprint density at radius 1 is 1.39 bits per heavy atom. The number of carboxylic acids is 1. The summed E-state index contributed by atoms with van der Waals surface area (Å²) in [4.78, 5) is 12.4. The molecule has 0 fully saturated rings. The topological polar surface area (TPSA) is 57.5 Å². The van der Waals surface area contributed by atoms with Crippen LogP contribution >= 0.6 is 11.3 Å². The molecule has 0 saturated carbocycles. The van der Waals surface area contributed by atoms with E-state index in [4.69, 9.17) is 0 Å². The van der Waals surface area contributed by atoms with Crippen LogP contribution in [-0.2, 0) is 11.2 Å².